The van der Waals surface area contributed by atoms with Crippen LogP contribution in [0.25, 0.3) is 0 Å². The smallest absolute Gasteiger partial charge is 0.322 e. The van der Waals surface area contributed by atoms with E-state index < -0.39 is 6.03 Å². The van der Waals surface area contributed by atoms with Crippen LogP contribution in [0.1, 0.15) is 5.56 Å². The number of hydrazine groups is 1. The van der Waals surface area contributed by atoms with E-state index in [0.717, 1.165) is 17.8 Å². The summed E-state index contributed by atoms with van der Waals surface area (Å²) in [5, 5.41) is 0. The third-order valence-electron chi connectivity index (χ3n) is 1.67. The van der Waals surface area contributed by atoms with Gasteiger partial charge in [0.15, 0.2) is 0 Å². The molecule has 2 heterocycles. The molecule has 0 bridgehead atoms. The molecule has 1 amide bonds. The van der Waals surface area contributed by atoms with E-state index in [1.165, 1.54) is 4.57 Å². The Bertz CT molecular complexity index is 282. The van der Waals surface area contributed by atoms with Crippen LogP contribution >= 0.6 is 0 Å². The second kappa shape index (κ2) is 2.00. The number of carbonyl (C=O) groups is 1. The van der Waals surface area contributed by atoms with E-state index in [0.29, 0.717) is 0 Å². The zero-order valence-electron chi connectivity index (χ0n) is 5.79. The van der Waals surface area contributed by atoms with Crippen molar-refractivity contribution in [2.45, 2.75) is 6.54 Å². The lowest BCUT2D eigenvalue weighted by atomic mass is 10.3. The molecular formula is C6H8N4O. The van der Waals surface area contributed by atoms with Gasteiger partial charge < -0.3 is 11.2 Å². The summed E-state index contributed by atoms with van der Waals surface area (Å²) in [5.41, 5.74) is 12.8. The highest BCUT2D eigenvalue weighted by Crippen LogP contribution is 2.19. The lowest BCUT2D eigenvalue weighted by Crippen LogP contribution is -2.19. The van der Waals surface area contributed by atoms with Gasteiger partial charge in [-0.3, -0.25) is 4.57 Å². The van der Waals surface area contributed by atoms with Gasteiger partial charge in [0.05, 0.1) is 5.69 Å². The topological polar surface area (TPSA) is 72.1 Å². The molecule has 5 heteroatoms. The summed E-state index contributed by atoms with van der Waals surface area (Å²) in [5.74, 6) is 0. The van der Waals surface area contributed by atoms with Crippen LogP contribution < -0.4 is 16.6 Å². The lowest BCUT2D eigenvalue weighted by Gasteiger charge is -1.95. The van der Waals surface area contributed by atoms with E-state index in [2.05, 4.69) is 10.9 Å². The molecule has 1 aliphatic rings. The Hall–Kier alpha value is -1.49. The SMILES string of the molecule is NC(=O)n1cc2c(c1)NNC2. The maximum absolute atomic E-state index is 10.6. The summed E-state index contributed by atoms with van der Waals surface area (Å²) in [6, 6.07) is -0.457. The van der Waals surface area contributed by atoms with Crippen molar-refractivity contribution in [2.24, 2.45) is 5.73 Å². The van der Waals surface area contributed by atoms with Crippen LogP contribution in [-0.2, 0) is 6.54 Å². The van der Waals surface area contributed by atoms with Crippen molar-refractivity contribution in [3.63, 3.8) is 0 Å². The summed E-state index contributed by atoms with van der Waals surface area (Å²) in [4.78, 5) is 10.6. The van der Waals surface area contributed by atoms with Crippen LogP contribution in [-0.4, -0.2) is 10.6 Å². The van der Waals surface area contributed by atoms with E-state index in [1.807, 2.05) is 0 Å². The average Bonchev–Trinajstić information content (AvgIpc) is 2.40. The molecule has 11 heavy (non-hydrogen) atoms. The summed E-state index contributed by atoms with van der Waals surface area (Å²) in [7, 11) is 0. The first-order chi connectivity index (χ1) is 5.27. The molecule has 0 radical (unpaired) electrons. The number of aromatic nitrogens is 1. The molecule has 58 valence electrons. The summed E-state index contributed by atoms with van der Waals surface area (Å²) < 4.78 is 1.36. The average molecular weight is 152 g/mol. The van der Waals surface area contributed by atoms with Crippen molar-refractivity contribution in [1.82, 2.24) is 9.99 Å². The largest absolute Gasteiger partial charge is 0.351 e. The second-order valence-corrected chi connectivity index (χ2v) is 2.42. The minimum atomic E-state index is -0.457. The van der Waals surface area contributed by atoms with Gasteiger partial charge in [0, 0.05) is 24.5 Å². The van der Waals surface area contributed by atoms with Gasteiger partial charge in [-0.15, -0.1) is 0 Å². The van der Waals surface area contributed by atoms with Gasteiger partial charge in [0.2, 0.25) is 0 Å². The van der Waals surface area contributed by atoms with Gasteiger partial charge >= 0.3 is 6.03 Å². The molecule has 0 fully saturated rings. The van der Waals surface area contributed by atoms with E-state index >= 15 is 0 Å². The predicted octanol–water partition coefficient (Wildman–Crippen LogP) is -0.155. The van der Waals surface area contributed by atoms with E-state index in [9.17, 15) is 4.79 Å². The molecule has 1 aromatic heterocycles. The highest BCUT2D eigenvalue weighted by Gasteiger charge is 2.13. The zero-order chi connectivity index (χ0) is 7.84. The number of primary amides is 1. The van der Waals surface area contributed by atoms with E-state index in [4.69, 9.17) is 5.73 Å². The number of amides is 1. The molecule has 0 aliphatic carbocycles. The van der Waals surface area contributed by atoms with Gasteiger partial charge in [-0.05, 0) is 0 Å². The lowest BCUT2D eigenvalue weighted by molar-refractivity contribution is 0.250. The fourth-order valence-electron chi connectivity index (χ4n) is 1.11. The molecular weight excluding hydrogens is 144 g/mol. The number of nitrogens with two attached hydrogens (primary N) is 1. The molecule has 5 nitrogen and oxygen atoms in total. The summed E-state index contributed by atoms with van der Waals surface area (Å²) in [6.07, 6.45) is 3.38. The normalized spacial score (nSPS) is 14.2. The number of carbonyl (C=O) groups excluding carboxylic acids is 1. The second-order valence-electron chi connectivity index (χ2n) is 2.42. The maximum Gasteiger partial charge on any atom is 0.322 e. The molecule has 1 aromatic rings. The Balaban J connectivity index is 2.42. The first kappa shape index (κ1) is 6.23. The van der Waals surface area contributed by atoms with Crippen LogP contribution in [0.4, 0.5) is 10.5 Å². The standard InChI is InChI=1S/C6H8N4O/c7-6(11)10-2-4-1-8-9-5(4)3-10/h2-3,8-9H,1H2,(H2,7,11). The van der Waals surface area contributed by atoms with Crippen LogP contribution in [0, 0.1) is 0 Å². The first-order valence-corrected chi connectivity index (χ1v) is 3.27. The molecule has 1 aliphatic heterocycles. The first-order valence-electron chi connectivity index (χ1n) is 3.27. The zero-order valence-corrected chi connectivity index (χ0v) is 5.79. The fraction of sp³-hybridized carbons (Fsp3) is 0.167. The van der Waals surface area contributed by atoms with Gasteiger partial charge in [0.1, 0.15) is 0 Å². The van der Waals surface area contributed by atoms with Gasteiger partial charge in [-0.25, -0.2) is 10.2 Å². The van der Waals surface area contributed by atoms with Crippen LogP contribution in [0.2, 0.25) is 0 Å². The van der Waals surface area contributed by atoms with Gasteiger partial charge in [0.25, 0.3) is 0 Å². The Morgan fingerprint density at radius 3 is 3.09 bits per heavy atom. The Kier molecular flexibility index (Phi) is 1.13. The Labute approximate surface area is 63.1 Å². The van der Waals surface area contributed by atoms with Crippen LogP contribution in [0.5, 0.6) is 0 Å². The number of hydrogen-bond donors (Lipinski definition) is 3. The van der Waals surface area contributed by atoms with Gasteiger partial charge in [-0.1, -0.05) is 0 Å². The van der Waals surface area contributed by atoms with E-state index in [1.54, 1.807) is 12.4 Å². The van der Waals surface area contributed by atoms with Crippen LogP contribution in [0.3, 0.4) is 0 Å². The summed E-state index contributed by atoms with van der Waals surface area (Å²) >= 11 is 0. The molecule has 0 spiro atoms. The van der Waals surface area contributed by atoms with Crippen molar-refractivity contribution < 1.29 is 4.79 Å². The van der Waals surface area contributed by atoms with Crippen molar-refractivity contribution in [3.05, 3.63) is 18.0 Å². The monoisotopic (exact) mass is 152 g/mol. The predicted molar refractivity (Wildman–Crippen MR) is 39.9 cm³/mol. The molecule has 0 aromatic carbocycles. The highest BCUT2D eigenvalue weighted by atomic mass is 16.2. The quantitative estimate of drug-likeness (QED) is 0.484. The molecule has 0 saturated carbocycles. The van der Waals surface area contributed by atoms with E-state index in [-0.39, 0.29) is 0 Å². The molecule has 0 atom stereocenters. The summed E-state index contributed by atoms with van der Waals surface area (Å²) in [6.45, 7) is 0.732. The Morgan fingerprint density at radius 1 is 1.64 bits per heavy atom. The Morgan fingerprint density at radius 2 is 2.45 bits per heavy atom. The van der Waals surface area contributed by atoms with Crippen molar-refractivity contribution in [2.75, 3.05) is 5.43 Å². The van der Waals surface area contributed by atoms with Crippen molar-refractivity contribution in [3.8, 4) is 0 Å². The fourth-order valence-corrected chi connectivity index (χ4v) is 1.11. The molecule has 4 N–H and O–H groups in total. The van der Waals surface area contributed by atoms with Crippen molar-refractivity contribution in [1.29, 1.82) is 0 Å². The third-order valence-corrected chi connectivity index (χ3v) is 1.67. The van der Waals surface area contributed by atoms with Gasteiger partial charge in [-0.2, -0.15) is 0 Å². The molecule has 0 saturated heterocycles. The maximum atomic E-state index is 10.6. The minimum Gasteiger partial charge on any atom is -0.351 e. The van der Waals surface area contributed by atoms with Crippen LogP contribution in [0.15, 0.2) is 12.4 Å². The number of hydrogen-bond acceptors (Lipinski definition) is 3. The third kappa shape index (κ3) is 0.857. The van der Waals surface area contributed by atoms with Crippen molar-refractivity contribution >= 4 is 11.7 Å². The highest BCUT2D eigenvalue weighted by molar-refractivity contribution is 5.77. The molecule has 2 rings (SSSR count). The number of nitrogens with zero attached hydrogens (tertiary/aromatic N) is 1. The number of rotatable bonds is 0. The minimum absolute atomic E-state index is 0.457. The molecule has 0 unspecified atom stereocenters. The number of anilines is 1. The number of nitrogens with one attached hydrogen (secondary N) is 2. The number of fused-ring (bicyclic) bond motifs is 1.